The number of hydrogen-bond acceptors (Lipinski definition) is 3. The molecular formula is C10H19NO4S. The quantitative estimate of drug-likeness (QED) is 0.785. The van der Waals surface area contributed by atoms with Gasteiger partial charge in [0.05, 0.1) is 5.75 Å². The van der Waals surface area contributed by atoms with Crippen LogP contribution in [0.3, 0.4) is 0 Å². The van der Waals surface area contributed by atoms with Crippen LogP contribution in [0.15, 0.2) is 0 Å². The van der Waals surface area contributed by atoms with E-state index in [1.54, 1.807) is 0 Å². The van der Waals surface area contributed by atoms with Crippen molar-refractivity contribution in [2.75, 3.05) is 12.0 Å². The van der Waals surface area contributed by atoms with Crippen LogP contribution in [0.5, 0.6) is 0 Å². The molecule has 6 heteroatoms. The Bertz CT molecular complexity index is 331. The highest BCUT2D eigenvalue weighted by molar-refractivity contribution is 7.90. The lowest BCUT2D eigenvalue weighted by Gasteiger charge is -2.28. The molecule has 0 radical (unpaired) electrons. The number of nitrogens with one attached hydrogen (secondary N) is 1. The van der Waals surface area contributed by atoms with Crippen LogP contribution in [-0.2, 0) is 9.84 Å². The van der Waals surface area contributed by atoms with Crippen molar-refractivity contribution in [2.24, 2.45) is 5.92 Å². The summed E-state index contributed by atoms with van der Waals surface area (Å²) < 4.78 is 22.0. The Hall–Kier alpha value is -0.780. The molecule has 0 aromatic carbocycles. The fourth-order valence-corrected chi connectivity index (χ4v) is 2.91. The number of sulfone groups is 1. The van der Waals surface area contributed by atoms with Crippen molar-refractivity contribution in [3.05, 3.63) is 0 Å². The van der Waals surface area contributed by atoms with Gasteiger partial charge in [0.1, 0.15) is 9.84 Å². The van der Waals surface area contributed by atoms with Crippen LogP contribution < -0.4 is 5.32 Å². The van der Waals surface area contributed by atoms with Crippen molar-refractivity contribution in [2.45, 2.75) is 38.1 Å². The standard InChI is InChI=1S/C10H19NO4S/c1-16(14,15)7-6-8-2-4-9(5-3-8)11-10(12)13/h8-9,11H,2-7H2,1H3,(H,12,13). The first kappa shape index (κ1) is 13.3. The highest BCUT2D eigenvalue weighted by Gasteiger charge is 2.22. The molecule has 94 valence electrons. The molecule has 1 aliphatic carbocycles. The fraction of sp³-hybridized carbons (Fsp3) is 0.900. The van der Waals surface area contributed by atoms with Gasteiger partial charge in [-0.3, -0.25) is 0 Å². The Morgan fingerprint density at radius 1 is 1.31 bits per heavy atom. The van der Waals surface area contributed by atoms with E-state index in [0.29, 0.717) is 12.3 Å². The third-order valence-corrected chi connectivity index (χ3v) is 4.05. The van der Waals surface area contributed by atoms with E-state index in [1.165, 1.54) is 6.26 Å². The van der Waals surface area contributed by atoms with Crippen molar-refractivity contribution in [1.82, 2.24) is 5.32 Å². The van der Waals surface area contributed by atoms with Gasteiger partial charge in [0, 0.05) is 12.3 Å². The van der Waals surface area contributed by atoms with Crippen molar-refractivity contribution in [1.29, 1.82) is 0 Å². The first-order valence-electron chi connectivity index (χ1n) is 5.54. The molecule has 0 unspecified atom stereocenters. The minimum absolute atomic E-state index is 0.0481. The highest BCUT2D eigenvalue weighted by atomic mass is 32.2. The lowest BCUT2D eigenvalue weighted by atomic mass is 9.84. The van der Waals surface area contributed by atoms with Gasteiger partial charge in [0.15, 0.2) is 0 Å². The summed E-state index contributed by atoms with van der Waals surface area (Å²) in [4.78, 5) is 10.4. The van der Waals surface area contributed by atoms with Crippen molar-refractivity contribution in [3.8, 4) is 0 Å². The van der Waals surface area contributed by atoms with Crippen LogP contribution >= 0.6 is 0 Å². The molecule has 1 aliphatic rings. The zero-order valence-electron chi connectivity index (χ0n) is 9.48. The average Bonchev–Trinajstić information content (AvgIpc) is 2.14. The molecule has 0 heterocycles. The predicted molar refractivity (Wildman–Crippen MR) is 61.2 cm³/mol. The molecule has 0 spiro atoms. The number of carboxylic acid groups (broad SMARTS) is 1. The summed E-state index contributed by atoms with van der Waals surface area (Å²) in [6.45, 7) is 0. The molecule has 0 saturated heterocycles. The Labute approximate surface area is 96.1 Å². The third kappa shape index (κ3) is 5.34. The second kappa shape index (κ2) is 5.52. The largest absolute Gasteiger partial charge is 0.465 e. The van der Waals surface area contributed by atoms with E-state index >= 15 is 0 Å². The fourth-order valence-electron chi connectivity index (χ4n) is 2.15. The Balaban J connectivity index is 2.24. The average molecular weight is 249 g/mol. The number of rotatable bonds is 4. The topological polar surface area (TPSA) is 83.5 Å². The van der Waals surface area contributed by atoms with E-state index in [0.717, 1.165) is 25.7 Å². The van der Waals surface area contributed by atoms with Gasteiger partial charge in [0.25, 0.3) is 0 Å². The zero-order chi connectivity index (χ0) is 12.2. The second-order valence-electron chi connectivity index (χ2n) is 4.59. The van der Waals surface area contributed by atoms with Crippen LogP contribution in [-0.4, -0.2) is 37.7 Å². The van der Waals surface area contributed by atoms with E-state index < -0.39 is 15.9 Å². The maximum atomic E-state index is 11.0. The van der Waals surface area contributed by atoms with Crippen LogP contribution in [0.1, 0.15) is 32.1 Å². The monoisotopic (exact) mass is 249 g/mol. The van der Waals surface area contributed by atoms with Gasteiger partial charge in [0.2, 0.25) is 0 Å². The van der Waals surface area contributed by atoms with Crippen LogP contribution in [0.25, 0.3) is 0 Å². The molecule has 1 fully saturated rings. The van der Waals surface area contributed by atoms with Crippen LogP contribution in [0.4, 0.5) is 4.79 Å². The first-order valence-corrected chi connectivity index (χ1v) is 7.60. The van der Waals surface area contributed by atoms with Crippen molar-refractivity contribution < 1.29 is 18.3 Å². The molecule has 0 aliphatic heterocycles. The number of amides is 1. The highest BCUT2D eigenvalue weighted by Crippen LogP contribution is 2.27. The maximum absolute atomic E-state index is 11.0. The smallest absolute Gasteiger partial charge is 0.404 e. The summed E-state index contributed by atoms with van der Waals surface area (Å²) in [5, 5.41) is 11.0. The molecule has 1 rings (SSSR count). The number of hydrogen-bond donors (Lipinski definition) is 2. The summed E-state index contributed by atoms with van der Waals surface area (Å²) in [7, 11) is -2.87. The minimum atomic E-state index is -2.87. The van der Waals surface area contributed by atoms with Gasteiger partial charge in [-0.25, -0.2) is 13.2 Å². The lowest BCUT2D eigenvalue weighted by molar-refractivity contribution is 0.182. The molecule has 0 aromatic heterocycles. The lowest BCUT2D eigenvalue weighted by Crippen LogP contribution is -2.36. The van der Waals surface area contributed by atoms with Gasteiger partial charge >= 0.3 is 6.09 Å². The minimum Gasteiger partial charge on any atom is -0.465 e. The molecule has 0 atom stereocenters. The molecule has 1 saturated carbocycles. The van der Waals surface area contributed by atoms with Crippen LogP contribution in [0, 0.1) is 5.92 Å². The molecule has 0 aromatic rings. The SMILES string of the molecule is CS(=O)(=O)CCC1CCC(NC(=O)O)CC1. The van der Waals surface area contributed by atoms with E-state index in [2.05, 4.69) is 5.32 Å². The Morgan fingerprint density at radius 3 is 2.31 bits per heavy atom. The number of carbonyl (C=O) groups is 1. The maximum Gasteiger partial charge on any atom is 0.404 e. The molecule has 0 bridgehead atoms. The molecule has 2 N–H and O–H groups in total. The molecule has 1 amide bonds. The Kier molecular flexibility index (Phi) is 4.58. The summed E-state index contributed by atoms with van der Waals surface area (Å²) in [6.07, 6.45) is 4.46. The van der Waals surface area contributed by atoms with Gasteiger partial charge in [-0.05, 0) is 38.0 Å². The molecular weight excluding hydrogens is 230 g/mol. The van der Waals surface area contributed by atoms with E-state index in [-0.39, 0.29) is 11.8 Å². The second-order valence-corrected chi connectivity index (χ2v) is 6.85. The summed E-state index contributed by atoms with van der Waals surface area (Å²) >= 11 is 0. The Morgan fingerprint density at radius 2 is 1.88 bits per heavy atom. The summed E-state index contributed by atoms with van der Waals surface area (Å²) in [6, 6.07) is 0.0481. The first-order chi connectivity index (χ1) is 7.37. The van der Waals surface area contributed by atoms with Crippen LogP contribution in [0.2, 0.25) is 0 Å². The normalized spacial score (nSPS) is 26.3. The summed E-state index contributed by atoms with van der Waals surface area (Å²) in [5.41, 5.74) is 0. The van der Waals surface area contributed by atoms with Gasteiger partial charge in [-0.15, -0.1) is 0 Å². The van der Waals surface area contributed by atoms with Crippen molar-refractivity contribution in [3.63, 3.8) is 0 Å². The summed E-state index contributed by atoms with van der Waals surface area (Å²) in [5.74, 6) is 0.677. The van der Waals surface area contributed by atoms with Gasteiger partial charge in [-0.2, -0.15) is 0 Å². The zero-order valence-corrected chi connectivity index (χ0v) is 10.3. The molecule has 5 nitrogen and oxygen atoms in total. The predicted octanol–water partition coefficient (Wildman–Crippen LogP) is 1.25. The van der Waals surface area contributed by atoms with Crippen molar-refractivity contribution >= 4 is 15.9 Å². The van der Waals surface area contributed by atoms with Gasteiger partial charge in [-0.1, -0.05) is 0 Å². The third-order valence-electron chi connectivity index (χ3n) is 3.07. The van der Waals surface area contributed by atoms with E-state index in [1.807, 2.05) is 0 Å². The van der Waals surface area contributed by atoms with E-state index in [9.17, 15) is 13.2 Å². The molecule has 16 heavy (non-hydrogen) atoms. The van der Waals surface area contributed by atoms with Gasteiger partial charge < -0.3 is 10.4 Å². The van der Waals surface area contributed by atoms with E-state index in [4.69, 9.17) is 5.11 Å².